The van der Waals surface area contributed by atoms with Crippen LogP contribution in [0.3, 0.4) is 0 Å². The minimum atomic E-state index is -0.494. The summed E-state index contributed by atoms with van der Waals surface area (Å²) < 4.78 is 13.3. The molecular weight excluding hydrogens is 251 g/mol. The summed E-state index contributed by atoms with van der Waals surface area (Å²) in [6, 6.07) is 12.4. The van der Waals surface area contributed by atoms with Crippen LogP contribution in [0.1, 0.15) is 0 Å². The summed E-state index contributed by atoms with van der Waals surface area (Å²) in [4.78, 5) is 12.4. The van der Waals surface area contributed by atoms with Crippen molar-refractivity contribution in [3.05, 3.63) is 54.3 Å². The van der Waals surface area contributed by atoms with E-state index in [0.717, 1.165) is 4.90 Å². The van der Waals surface area contributed by atoms with E-state index >= 15 is 0 Å². The Labute approximate surface area is 109 Å². The van der Waals surface area contributed by atoms with Crippen molar-refractivity contribution in [2.24, 2.45) is 0 Å². The van der Waals surface area contributed by atoms with E-state index < -0.39 is 11.8 Å². The Balaban J connectivity index is 2.01. The van der Waals surface area contributed by atoms with Crippen LogP contribution in [0.4, 0.5) is 20.6 Å². The first-order chi connectivity index (χ1) is 8.65. The van der Waals surface area contributed by atoms with E-state index in [-0.39, 0.29) is 5.69 Å². The largest absolute Gasteiger partial charge is 0.323 e. The molecule has 5 heteroatoms. The Morgan fingerprint density at radius 2 is 1.67 bits per heavy atom. The van der Waals surface area contributed by atoms with Crippen molar-refractivity contribution in [1.82, 2.24) is 0 Å². The highest BCUT2D eigenvalue weighted by Gasteiger charge is 2.05. The van der Waals surface area contributed by atoms with Gasteiger partial charge in [0.2, 0.25) is 0 Å². The number of rotatable bonds is 2. The third kappa shape index (κ3) is 3.24. The molecule has 92 valence electrons. The third-order valence-electron chi connectivity index (χ3n) is 2.25. The second-order valence-corrected chi connectivity index (χ2v) is 4.12. The van der Waals surface area contributed by atoms with Gasteiger partial charge >= 0.3 is 6.03 Å². The summed E-state index contributed by atoms with van der Waals surface area (Å²) in [5, 5.41) is 5.02. The van der Waals surface area contributed by atoms with Crippen molar-refractivity contribution in [2.45, 2.75) is 4.90 Å². The van der Waals surface area contributed by atoms with Crippen molar-refractivity contribution in [1.29, 1.82) is 0 Å². The molecule has 2 rings (SSSR count). The molecule has 2 aromatic carbocycles. The number of halogens is 1. The molecule has 0 unspecified atom stereocenters. The monoisotopic (exact) mass is 262 g/mol. The fourth-order valence-corrected chi connectivity index (χ4v) is 1.54. The number of hydrogen-bond donors (Lipinski definition) is 3. The van der Waals surface area contributed by atoms with Gasteiger partial charge in [0, 0.05) is 10.6 Å². The van der Waals surface area contributed by atoms with Crippen LogP contribution in [0.2, 0.25) is 0 Å². The zero-order valence-corrected chi connectivity index (χ0v) is 10.2. The first-order valence-electron chi connectivity index (χ1n) is 5.27. The number of urea groups is 1. The molecule has 0 saturated heterocycles. The van der Waals surface area contributed by atoms with Crippen LogP contribution in [0.5, 0.6) is 0 Å². The molecule has 0 aliphatic rings. The molecule has 0 aliphatic heterocycles. The minimum Gasteiger partial charge on any atom is -0.308 e. The van der Waals surface area contributed by atoms with Crippen LogP contribution in [0, 0.1) is 5.82 Å². The van der Waals surface area contributed by atoms with Crippen LogP contribution in [0.15, 0.2) is 53.4 Å². The van der Waals surface area contributed by atoms with Gasteiger partial charge in [0.1, 0.15) is 5.82 Å². The van der Waals surface area contributed by atoms with Gasteiger partial charge in [-0.1, -0.05) is 12.1 Å². The van der Waals surface area contributed by atoms with Gasteiger partial charge < -0.3 is 10.6 Å². The molecule has 0 saturated carbocycles. The van der Waals surface area contributed by atoms with Crippen molar-refractivity contribution in [2.75, 3.05) is 10.6 Å². The number of carbonyl (C=O) groups is 1. The predicted molar refractivity (Wildman–Crippen MR) is 72.7 cm³/mol. The molecular formula is C13H11FN2OS. The average Bonchev–Trinajstić information content (AvgIpc) is 2.35. The van der Waals surface area contributed by atoms with Crippen LogP contribution in [0.25, 0.3) is 0 Å². The molecule has 0 heterocycles. The van der Waals surface area contributed by atoms with Gasteiger partial charge in [-0.05, 0) is 36.4 Å². The molecule has 0 aliphatic carbocycles. The van der Waals surface area contributed by atoms with Crippen molar-refractivity contribution in [3.8, 4) is 0 Å². The quantitative estimate of drug-likeness (QED) is 0.709. The smallest absolute Gasteiger partial charge is 0.308 e. The lowest BCUT2D eigenvalue weighted by Gasteiger charge is -2.08. The number of amides is 2. The van der Waals surface area contributed by atoms with E-state index in [4.69, 9.17) is 0 Å². The zero-order valence-electron chi connectivity index (χ0n) is 9.35. The van der Waals surface area contributed by atoms with Crippen molar-refractivity contribution >= 4 is 30.0 Å². The fraction of sp³-hybridized carbons (Fsp3) is 0. The number of nitrogens with one attached hydrogen (secondary N) is 2. The van der Waals surface area contributed by atoms with Gasteiger partial charge in [-0.15, -0.1) is 12.6 Å². The number of hydrogen-bond acceptors (Lipinski definition) is 2. The Morgan fingerprint density at radius 1 is 1.00 bits per heavy atom. The molecule has 0 spiro atoms. The van der Waals surface area contributed by atoms with Crippen molar-refractivity contribution < 1.29 is 9.18 Å². The van der Waals surface area contributed by atoms with E-state index in [9.17, 15) is 9.18 Å². The standard InChI is InChI=1S/C13H11FN2OS/c14-11-3-1-2-4-12(11)16-13(17)15-9-5-7-10(18)8-6-9/h1-8,18H,(H2,15,16,17). The molecule has 2 amide bonds. The highest BCUT2D eigenvalue weighted by atomic mass is 32.1. The number of para-hydroxylation sites is 1. The fourth-order valence-electron chi connectivity index (χ4n) is 1.39. The predicted octanol–water partition coefficient (Wildman–Crippen LogP) is 3.76. The number of carbonyl (C=O) groups excluding carboxylic acids is 1. The van der Waals surface area contributed by atoms with Crippen LogP contribution in [-0.2, 0) is 0 Å². The summed E-state index contributed by atoms with van der Waals surface area (Å²) in [6.45, 7) is 0. The average molecular weight is 262 g/mol. The first kappa shape index (κ1) is 12.4. The normalized spacial score (nSPS) is 9.89. The lowest BCUT2D eigenvalue weighted by atomic mass is 10.3. The third-order valence-corrected chi connectivity index (χ3v) is 2.55. The molecule has 0 bridgehead atoms. The minimum absolute atomic E-state index is 0.140. The number of anilines is 2. The summed E-state index contributed by atoms with van der Waals surface area (Å²) in [5.74, 6) is -0.474. The maximum absolute atomic E-state index is 13.3. The lowest BCUT2D eigenvalue weighted by molar-refractivity contribution is 0.262. The molecule has 0 fully saturated rings. The van der Waals surface area contributed by atoms with Crippen molar-refractivity contribution in [3.63, 3.8) is 0 Å². The summed E-state index contributed by atoms with van der Waals surface area (Å²) in [7, 11) is 0. The van der Waals surface area contributed by atoms with Crippen LogP contribution < -0.4 is 10.6 Å². The van der Waals surface area contributed by atoms with Crippen LogP contribution >= 0.6 is 12.6 Å². The maximum Gasteiger partial charge on any atom is 0.323 e. The lowest BCUT2D eigenvalue weighted by Crippen LogP contribution is -2.19. The molecule has 0 atom stereocenters. The molecule has 0 aromatic heterocycles. The summed E-state index contributed by atoms with van der Waals surface area (Å²) >= 11 is 4.14. The van der Waals surface area contributed by atoms with Gasteiger partial charge in [-0.3, -0.25) is 0 Å². The Hall–Kier alpha value is -2.01. The van der Waals surface area contributed by atoms with Gasteiger partial charge in [-0.25, -0.2) is 9.18 Å². The topological polar surface area (TPSA) is 41.1 Å². The Morgan fingerprint density at radius 3 is 2.33 bits per heavy atom. The zero-order chi connectivity index (χ0) is 13.0. The number of thiol groups is 1. The highest BCUT2D eigenvalue weighted by molar-refractivity contribution is 7.80. The van der Waals surface area contributed by atoms with Crippen LogP contribution in [-0.4, -0.2) is 6.03 Å². The Kier molecular flexibility index (Phi) is 3.84. The van der Waals surface area contributed by atoms with E-state index in [1.165, 1.54) is 12.1 Å². The SMILES string of the molecule is O=C(Nc1ccc(S)cc1)Nc1ccccc1F. The van der Waals surface area contributed by atoms with E-state index in [2.05, 4.69) is 23.3 Å². The molecule has 3 nitrogen and oxygen atoms in total. The van der Waals surface area contributed by atoms with Gasteiger partial charge in [0.15, 0.2) is 0 Å². The molecule has 0 radical (unpaired) electrons. The summed E-state index contributed by atoms with van der Waals surface area (Å²) in [5.41, 5.74) is 0.752. The second-order valence-electron chi connectivity index (χ2n) is 3.61. The Bertz CT molecular complexity index is 557. The summed E-state index contributed by atoms with van der Waals surface area (Å²) in [6.07, 6.45) is 0. The second kappa shape index (κ2) is 5.55. The van der Waals surface area contributed by atoms with E-state index in [0.29, 0.717) is 5.69 Å². The van der Waals surface area contributed by atoms with Gasteiger partial charge in [-0.2, -0.15) is 0 Å². The number of benzene rings is 2. The van der Waals surface area contributed by atoms with Gasteiger partial charge in [0.05, 0.1) is 5.69 Å². The highest BCUT2D eigenvalue weighted by Crippen LogP contribution is 2.15. The molecule has 18 heavy (non-hydrogen) atoms. The molecule has 2 aromatic rings. The van der Waals surface area contributed by atoms with Gasteiger partial charge in [0.25, 0.3) is 0 Å². The van der Waals surface area contributed by atoms with E-state index in [1.807, 2.05) is 0 Å². The first-order valence-corrected chi connectivity index (χ1v) is 5.71. The van der Waals surface area contributed by atoms with E-state index in [1.54, 1.807) is 36.4 Å². The molecule has 2 N–H and O–H groups in total. The maximum atomic E-state index is 13.3.